The highest BCUT2D eigenvalue weighted by Gasteiger charge is 2.27. The van der Waals surface area contributed by atoms with Crippen LogP contribution < -0.4 is 10.6 Å². The molecule has 116 valence electrons. The van der Waals surface area contributed by atoms with Crippen molar-refractivity contribution in [2.75, 3.05) is 31.1 Å². The van der Waals surface area contributed by atoms with Crippen LogP contribution in [0.25, 0.3) is 0 Å². The molecule has 0 bridgehead atoms. The van der Waals surface area contributed by atoms with E-state index in [2.05, 4.69) is 11.8 Å². The molecular formula is C17H27N3O. The van der Waals surface area contributed by atoms with Gasteiger partial charge in [-0.3, -0.25) is 9.69 Å². The topological polar surface area (TPSA) is 49.6 Å². The fourth-order valence-corrected chi connectivity index (χ4v) is 3.09. The van der Waals surface area contributed by atoms with Crippen LogP contribution in [0.5, 0.6) is 0 Å². The first-order valence-electron chi connectivity index (χ1n) is 7.99. The summed E-state index contributed by atoms with van der Waals surface area (Å²) in [5, 5.41) is 0. The third kappa shape index (κ3) is 4.05. The van der Waals surface area contributed by atoms with Crippen molar-refractivity contribution in [1.82, 2.24) is 4.90 Å². The van der Waals surface area contributed by atoms with Crippen molar-refractivity contribution in [2.24, 2.45) is 11.7 Å². The molecule has 1 aromatic rings. The van der Waals surface area contributed by atoms with Crippen LogP contribution in [-0.2, 0) is 4.79 Å². The summed E-state index contributed by atoms with van der Waals surface area (Å²) in [5.74, 6) is 0.687. The number of piperidine rings is 1. The van der Waals surface area contributed by atoms with E-state index in [4.69, 9.17) is 5.73 Å². The number of likely N-dealkylation sites (tertiary alicyclic amines) is 1. The highest BCUT2D eigenvalue weighted by molar-refractivity contribution is 5.94. The summed E-state index contributed by atoms with van der Waals surface area (Å²) >= 11 is 0. The maximum Gasteiger partial charge on any atom is 0.241 e. The highest BCUT2D eigenvalue weighted by atomic mass is 16.2. The van der Waals surface area contributed by atoms with Gasteiger partial charge in [-0.05, 0) is 31.4 Å². The molecule has 0 aliphatic carbocycles. The number of para-hydroxylation sites is 1. The molecule has 21 heavy (non-hydrogen) atoms. The SMILES string of the molecule is CCC1CN(CC(=O)N(CC)c2ccccc2)CCC1N. The van der Waals surface area contributed by atoms with Crippen LogP contribution in [0, 0.1) is 5.92 Å². The second kappa shape index (κ2) is 7.57. The Bertz CT molecular complexity index is 449. The third-order valence-electron chi connectivity index (χ3n) is 4.45. The van der Waals surface area contributed by atoms with Crippen LogP contribution in [0.4, 0.5) is 5.69 Å². The lowest BCUT2D eigenvalue weighted by Crippen LogP contribution is -2.50. The summed E-state index contributed by atoms with van der Waals surface area (Å²) < 4.78 is 0. The molecule has 4 nitrogen and oxygen atoms in total. The number of hydrogen-bond donors (Lipinski definition) is 1. The molecule has 0 saturated carbocycles. The van der Waals surface area contributed by atoms with Gasteiger partial charge in [0.1, 0.15) is 0 Å². The monoisotopic (exact) mass is 289 g/mol. The van der Waals surface area contributed by atoms with Gasteiger partial charge in [0.05, 0.1) is 6.54 Å². The van der Waals surface area contributed by atoms with E-state index >= 15 is 0 Å². The van der Waals surface area contributed by atoms with Gasteiger partial charge in [-0.25, -0.2) is 0 Å². The number of hydrogen-bond acceptors (Lipinski definition) is 3. The van der Waals surface area contributed by atoms with Crippen molar-refractivity contribution in [2.45, 2.75) is 32.7 Å². The number of amides is 1. The Morgan fingerprint density at radius 3 is 2.67 bits per heavy atom. The number of anilines is 1. The van der Waals surface area contributed by atoms with Gasteiger partial charge in [-0.2, -0.15) is 0 Å². The number of benzene rings is 1. The van der Waals surface area contributed by atoms with Crippen molar-refractivity contribution in [1.29, 1.82) is 0 Å². The lowest BCUT2D eigenvalue weighted by molar-refractivity contribution is -0.120. The average molecular weight is 289 g/mol. The third-order valence-corrected chi connectivity index (χ3v) is 4.45. The van der Waals surface area contributed by atoms with E-state index in [9.17, 15) is 4.79 Å². The van der Waals surface area contributed by atoms with Gasteiger partial charge in [0.25, 0.3) is 0 Å². The lowest BCUT2D eigenvalue weighted by Gasteiger charge is -2.37. The first kappa shape index (κ1) is 16.0. The summed E-state index contributed by atoms with van der Waals surface area (Å²) in [5.41, 5.74) is 7.12. The number of nitrogens with zero attached hydrogens (tertiary/aromatic N) is 2. The van der Waals surface area contributed by atoms with Crippen LogP contribution >= 0.6 is 0 Å². The van der Waals surface area contributed by atoms with Crippen LogP contribution in [0.15, 0.2) is 30.3 Å². The summed E-state index contributed by atoms with van der Waals surface area (Å²) in [6, 6.07) is 10.2. The van der Waals surface area contributed by atoms with Gasteiger partial charge < -0.3 is 10.6 Å². The predicted octanol–water partition coefficient (Wildman–Crippen LogP) is 2.10. The Hall–Kier alpha value is -1.39. The van der Waals surface area contributed by atoms with Crippen molar-refractivity contribution in [3.63, 3.8) is 0 Å². The van der Waals surface area contributed by atoms with E-state index in [1.54, 1.807) is 0 Å². The number of carbonyl (C=O) groups excluding carboxylic acids is 1. The molecule has 2 rings (SSSR count). The molecule has 1 aliphatic rings. The molecule has 1 saturated heterocycles. The molecule has 4 heteroatoms. The second-order valence-corrected chi connectivity index (χ2v) is 5.83. The van der Waals surface area contributed by atoms with E-state index in [1.165, 1.54) is 0 Å². The molecule has 0 spiro atoms. The van der Waals surface area contributed by atoms with E-state index in [-0.39, 0.29) is 11.9 Å². The van der Waals surface area contributed by atoms with Gasteiger partial charge in [-0.15, -0.1) is 0 Å². The Morgan fingerprint density at radius 2 is 2.05 bits per heavy atom. The van der Waals surface area contributed by atoms with Crippen molar-refractivity contribution in [3.8, 4) is 0 Å². The lowest BCUT2D eigenvalue weighted by atomic mass is 9.91. The van der Waals surface area contributed by atoms with Crippen molar-refractivity contribution in [3.05, 3.63) is 30.3 Å². The normalized spacial score (nSPS) is 23.0. The zero-order valence-electron chi connectivity index (χ0n) is 13.2. The minimum Gasteiger partial charge on any atom is -0.327 e. The van der Waals surface area contributed by atoms with Gasteiger partial charge in [-0.1, -0.05) is 31.5 Å². The van der Waals surface area contributed by atoms with Crippen molar-refractivity contribution < 1.29 is 4.79 Å². The van der Waals surface area contributed by atoms with Gasteiger partial charge >= 0.3 is 0 Å². The summed E-state index contributed by atoms with van der Waals surface area (Å²) in [4.78, 5) is 16.7. The van der Waals surface area contributed by atoms with Gasteiger partial charge in [0, 0.05) is 31.4 Å². The van der Waals surface area contributed by atoms with E-state index < -0.39 is 0 Å². The molecule has 2 N–H and O–H groups in total. The van der Waals surface area contributed by atoms with Crippen LogP contribution in [0.2, 0.25) is 0 Å². The van der Waals surface area contributed by atoms with Crippen LogP contribution in [0.1, 0.15) is 26.7 Å². The van der Waals surface area contributed by atoms with E-state index in [0.29, 0.717) is 19.0 Å². The summed E-state index contributed by atoms with van der Waals surface area (Å²) in [6.07, 6.45) is 2.07. The Kier molecular flexibility index (Phi) is 5.76. The Labute approximate surface area is 127 Å². The Morgan fingerprint density at radius 1 is 1.33 bits per heavy atom. The molecule has 1 fully saturated rings. The fraction of sp³-hybridized carbons (Fsp3) is 0.588. The van der Waals surface area contributed by atoms with Crippen molar-refractivity contribution >= 4 is 11.6 Å². The maximum atomic E-state index is 12.6. The minimum atomic E-state index is 0.175. The second-order valence-electron chi connectivity index (χ2n) is 5.83. The first-order valence-corrected chi connectivity index (χ1v) is 7.99. The first-order chi connectivity index (χ1) is 10.2. The maximum absolute atomic E-state index is 12.6. The molecule has 1 aliphatic heterocycles. The molecular weight excluding hydrogens is 262 g/mol. The van der Waals surface area contributed by atoms with Gasteiger partial charge in [0.2, 0.25) is 5.91 Å². The minimum absolute atomic E-state index is 0.175. The van der Waals surface area contributed by atoms with Crippen LogP contribution in [-0.4, -0.2) is 43.0 Å². The molecule has 1 aromatic carbocycles. The largest absolute Gasteiger partial charge is 0.327 e. The van der Waals surface area contributed by atoms with E-state index in [1.807, 2.05) is 42.2 Å². The predicted molar refractivity (Wildman–Crippen MR) is 87.3 cm³/mol. The smallest absolute Gasteiger partial charge is 0.241 e. The molecule has 1 heterocycles. The standard InChI is InChI=1S/C17H27N3O/c1-3-14-12-19(11-10-16(14)18)13-17(21)20(4-2)15-8-6-5-7-9-15/h5-9,14,16H,3-4,10-13,18H2,1-2H3. The highest BCUT2D eigenvalue weighted by Crippen LogP contribution is 2.19. The number of nitrogens with two attached hydrogens (primary N) is 1. The molecule has 2 unspecified atom stereocenters. The van der Waals surface area contributed by atoms with Gasteiger partial charge in [0.15, 0.2) is 0 Å². The summed E-state index contributed by atoms with van der Waals surface area (Å²) in [7, 11) is 0. The zero-order chi connectivity index (χ0) is 15.2. The van der Waals surface area contributed by atoms with E-state index in [0.717, 1.165) is 31.6 Å². The number of carbonyl (C=O) groups is 1. The average Bonchev–Trinajstić information content (AvgIpc) is 2.51. The number of rotatable bonds is 5. The molecule has 1 amide bonds. The fourth-order valence-electron chi connectivity index (χ4n) is 3.09. The molecule has 2 atom stereocenters. The molecule has 0 radical (unpaired) electrons. The molecule has 0 aromatic heterocycles. The Balaban J connectivity index is 1.97. The zero-order valence-corrected chi connectivity index (χ0v) is 13.2. The van der Waals surface area contributed by atoms with Crippen LogP contribution in [0.3, 0.4) is 0 Å². The number of likely N-dealkylation sites (N-methyl/N-ethyl adjacent to an activating group) is 1. The summed E-state index contributed by atoms with van der Waals surface area (Å²) in [6.45, 7) is 7.26. The quantitative estimate of drug-likeness (QED) is 0.903.